The normalized spacial score (nSPS) is 15.8. The van der Waals surface area contributed by atoms with Crippen LogP contribution in [0.2, 0.25) is 0 Å². The van der Waals surface area contributed by atoms with Gasteiger partial charge in [0.05, 0.1) is 31.5 Å². The number of allylic oxidation sites excluding steroid dienone is 1. The molecule has 1 aromatic carbocycles. The molecule has 7 heteroatoms. The maximum Gasteiger partial charge on any atom is 0.340 e. The lowest BCUT2D eigenvalue weighted by atomic mass is 10.0. The van der Waals surface area contributed by atoms with Gasteiger partial charge in [-0.1, -0.05) is 6.07 Å². The van der Waals surface area contributed by atoms with Crippen LogP contribution in [0.1, 0.15) is 19.4 Å². The molecule has 1 amide bonds. The number of rotatable bonds is 7. The number of amides is 1. The average Bonchev–Trinajstić information content (AvgIpc) is 2.86. The smallest absolute Gasteiger partial charge is 0.340 e. The molecule has 0 aromatic heterocycles. The van der Waals surface area contributed by atoms with Gasteiger partial charge in [-0.2, -0.15) is 0 Å². The third kappa shape index (κ3) is 3.88. The van der Waals surface area contributed by atoms with Gasteiger partial charge >= 0.3 is 5.97 Å². The largest absolute Gasteiger partial charge is 0.504 e. The molecule has 140 valence electrons. The predicted molar refractivity (Wildman–Crippen MR) is 95.6 cm³/mol. The van der Waals surface area contributed by atoms with Crippen molar-refractivity contribution in [1.29, 1.82) is 0 Å². The van der Waals surface area contributed by atoms with Crippen molar-refractivity contribution in [3.8, 4) is 11.5 Å². The van der Waals surface area contributed by atoms with Crippen LogP contribution in [0.3, 0.4) is 0 Å². The Morgan fingerprint density at radius 3 is 2.65 bits per heavy atom. The number of esters is 1. The maximum absolute atomic E-state index is 12.8. The summed E-state index contributed by atoms with van der Waals surface area (Å²) in [6, 6.07) is 4.73. The number of nitrogens with zero attached hydrogens (tertiary/aromatic N) is 1. The van der Waals surface area contributed by atoms with Gasteiger partial charge in [0.2, 0.25) is 0 Å². The van der Waals surface area contributed by atoms with E-state index in [4.69, 9.17) is 14.2 Å². The Hall–Kier alpha value is -2.80. The van der Waals surface area contributed by atoms with E-state index in [0.29, 0.717) is 36.8 Å². The van der Waals surface area contributed by atoms with Crippen molar-refractivity contribution in [2.75, 3.05) is 34.0 Å². The summed E-state index contributed by atoms with van der Waals surface area (Å²) in [6.45, 7) is 4.57. The Labute approximate surface area is 152 Å². The van der Waals surface area contributed by atoms with Crippen molar-refractivity contribution in [2.24, 2.45) is 0 Å². The summed E-state index contributed by atoms with van der Waals surface area (Å²) in [5.41, 5.74) is 1.60. The number of hydrogen-bond donors (Lipinski definition) is 1. The maximum atomic E-state index is 12.8. The van der Waals surface area contributed by atoms with Crippen LogP contribution in [-0.4, -0.2) is 55.9 Å². The first-order chi connectivity index (χ1) is 12.4. The minimum atomic E-state index is -0.578. The zero-order valence-electron chi connectivity index (χ0n) is 15.4. The number of phenols is 1. The second-order valence-corrected chi connectivity index (χ2v) is 5.62. The molecule has 0 bridgehead atoms. The van der Waals surface area contributed by atoms with Gasteiger partial charge < -0.3 is 24.2 Å². The van der Waals surface area contributed by atoms with E-state index in [-0.39, 0.29) is 22.8 Å². The second-order valence-electron chi connectivity index (χ2n) is 5.62. The molecule has 1 aliphatic rings. The first-order valence-corrected chi connectivity index (χ1v) is 8.22. The van der Waals surface area contributed by atoms with E-state index in [9.17, 15) is 14.7 Å². The summed E-state index contributed by atoms with van der Waals surface area (Å²) in [7, 11) is 2.82. The zero-order chi connectivity index (χ0) is 19.3. The molecule has 0 atom stereocenters. The number of carbonyl (C=O) groups is 2. The summed E-state index contributed by atoms with van der Waals surface area (Å²) >= 11 is 0. The van der Waals surface area contributed by atoms with Crippen molar-refractivity contribution in [3.05, 3.63) is 40.6 Å². The van der Waals surface area contributed by atoms with E-state index in [1.807, 2.05) is 0 Å². The van der Waals surface area contributed by atoms with Crippen molar-refractivity contribution < 1.29 is 28.9 Å². The first-order valence-electron chi connectivity index (χ1n) is 8.22. The Balaban J connectivity index is 2.48. The predicted octanol–water partition coefficient (Wildman–Crippen LogP) is 2.11. The van der Waals surface area contributed by atoms with Crippen molar-refractivity contribution in [1.82, 2.24) is 4.90 Å². The van der Waals surface area contributed by atoms with Crippen LogP contribution in [0.4, 0.5) is 0 Å². The van der Waals surface area contributed by atoms with Crippen LogP contribution in [0.5, 0.6) is 11.5 Å². The molecular weight excluding hydrogens is 338 g/mol. The topological polar surface area (TPSA) is 85.3 Å². The molecule has 1 N–H and O–H groups in total. The molecule has 0 saturated carbocycles. The molecule has 0 unspecified atom stereocenters. The SMILES string of the molecule is CCOc1cc(C=C2C(=O)N(CCOC)C(C)=C2C(=O)OC)ccc1O. The summed E-state index contributed by atoms with van der Waals surface area (Å²) < 4.78 is 15.2. The second kappa shape index (κ2) is 8.53. The molecule has 1 heterocycles. The van der Waals surface area contributed by atoms with Crippen molar-refractivity contribution >= 4 is 18.0 Å². The van der Waals surface area contributed by atoms with E-state index in [1.165, 1.54) is 18.1 Å². The third-order valence-corrected chi connectivity index (χ3v) is 4.01. The Morgan fingerprint density at radius 1 is 1.31 bits per heavy atom. The first kappa shape index (κ1) is 19.5. The molecule has 2 rings (SSSR count). The minimum Gasteiger partial charge on any atom is -0.504 e. The number of benzene rings is 1. The average molecular weight is 361 g/mol. The molecule has 1 aromatic rings. The number of phenolic OH excluding ortho intramolecular Hbond substituents is 1. The Bertz CT molecular complexity index is 765. The molecule has 1 aliphatic heterocycles. The van der Waals surface area contributed by atoms with Crippen LogP contribution in [-0.2, 0) is 19.1 Å². The summed E-state index contributed by atoms with van der Waals surface area (Å²) in [5, 5.41) is 9.82. The number of hydrogen-bond acceptors (Lipinski definition) is 6. The molecule has 7 nitrogen and oxygen atoms in total. The summed E-state index contributed by atoms with van der Waals surface area (Å²) in [6.07, 6.45) is 1.59. The molecule has 0 fully saturated rings. The lowest BCUT2D eigenvalue weighted by molar-refractivity contribution is -0.136. The lowest BCUT2D eigenvalue weighted by Gasteiger charge is -2.16. The van der Waals surface area contributed by atoms with E-state index >= 15 is 0 Å². The van der Waals surface area contributed by atoms with Gasteiger partial charge in [0.25, 0.3) is 5.91 Å². The molecular formula is C19H23NO6. The fourth-order valence-electron chi connectivity index (χ4n) is 2.74. The fourth-order valence-corrected chi connectivity index (χ4v) is 2.74. The number of carbonyl (C=O) groups excluding carboxylic acids is 2. The molecule has 0 saturated heterocycles. The van der Waals surface area contributed by atoms with Crippen LogP contribution < -0.4 is 4.74 Å². The fraction of sp³-hybridized carbons (Fsp3) is 0.368. The van der Waals surface area contributed by atoms with Gasteiger partial charge in [0.15, 0.2) is 11.5 Å². The molecule has 26 heavy (non-hydrogen) atoms. The number of methoxy groups -OCH3 is 2. The van der Waals surface area contributed by atoms with Gasteiger partial charge in [-0.25, -0.2) is 4.79 Å². The zero-order valence-corrected chi connectivity index (χ0v) is 15.4. The lowest BCUT2D eigenvalue weighted by Crippen LogP contribution is -2.28. The molecule has 0 spiro atoms. The van der Waals surface area contributed by atoms with Crippen molar-refractivity contribution in [3.63, 3.8) is 0 Å². The minimum absolute atomic E-state index is 0.00776. The number of ether oxygens (including phenoxy) is 3. The van der Waals surface area contributed by atoms with Crippen LogP contribution >= 0.6 is 0 Å². The van der Waals surface area contributed by atoms with E-state index in [1.54, 1.807) is 39.2 Å². The van der Waals surface area contributed by atoms with Crippen LogP contribution in [0.15, 0.2) is 35.0 Å². The van der Waals surface area contributed by atoms with E-state index < -0.39 is 5.97 Å². The van der Waals surface area contributed by atoms with Crippen LogP contribution in [0, 0.1) is 0 Å². The highest BCUT2D eigenvalue weighted by atomic mass is 16.5. The van der Waals surface area contributed by atoms with Gasteiger partial charge in [-0.05, 0) is 37.6 Å². The quantitative estimate of drug-likeness (QED) is 0.591. The molecule has 0 aliphatic carbocycles. The van der Waals surface area contributed by atoms with E-state index in [0.717, 1.165) is 0 Å². The standard InChI is InChI=1S/C19H23NO6/c1-5-26-16-11-13(6-7-15(16)21)10-14-17(19(23)25-4)12(2)20(18(14)22)8-9-24-3/h6-7,10-11,21H,5,8-9H2,1-4H3. The van der Waals surface area contributed by atoms with Crippen molar-refractivity contribution in [2.45, 2.75) is 13.8 Å². The Kier molecular flexibility index (Phi) is 6.41. The van der Waals surface area contributed by atoms with E-state index in [2.05, 4.69) is 0 Å². The van der Waals surface area contributed by atoms with Gasteiger partial charge in [-0.15, -0.1) is 0 Å². The van der Waals surface area contributed by atoms with Crippen LogP contribution in [0.25, 0.3) is 6.08 Å². The highest BCUT2D eigenvalue weighted by Crippen LogP contribution is 2.33. The highest BCUT2D eigenvalue weighted by molar-refractivity contribution is 6.16. The third-order valence-electron chi connectivity index (χ3n) is 4.01. The molecule has 0 radical (unpaired) electrons. The highest BCUT2D eigenvalue weighted by Gasteiger charge is 2.36. The van der Waals surface area contributed by atoms with Gasteiger partial charge in [0, 0.05) is 19.4 Å². The number of aromatic hydroxyl groups is 1. The Morgan fingerprint density at radius 2 is 2.04 bits per heavy atom. The summed E-state index contributed by atoms with van der Waals surface area (Å²) in [4.78, 5) is 26.5. The summed E-state index contributed by atoms with van der Waals surface area (Å²) in [5.74, 6) is -0.561. The van der Waals surface area contributed by atoms with Gasteiger partial charge in [0.1, 0.15) is 0 Å². The monoisotopic (exact) mass is 361 g/mol. The van der Waals surface area contributed by atoms with Gasteiger partial charge in [-0.3, -0.25) is 4.79 Å².